The van der Waals surface area contributed by atoms with Crippen LogP contribution in [0.1, 0.15) is 16.7 Å². The number of alkyl halides is 1. The van der Waals surface area contributed by atoms with E-state index in [9.17, 15) is 8.78 Å². The van der Waals surface area contributed by atoms with Gasteiger partial charge < -0.3 is 4.42 Å². The third kappa shape index (κ3) is 2.28. The fourth-order valence-corrected chi connectivity index (χ4v) is 1.94. The van der Waals surface area contributed by atoms with E-state index >= 15 is 0 Å². The lowest BCUT2D eigenvalue weighted by Crippen LogP contribution is -1.96. The molecule has 0 N–H and O–H groups in total. The number of benzene rings is 1. The van der Waals surface area contributed by atoms with Crippen molar-refractivity contribution in [2.24, 2.45) is 0 Å². The van der Waals surface area contributed by atoms with Gasteiger partial charge in [-0.05, 0) is 34.1 Å². The molecule has 0 aliphatic heterocycles. The fraction of sp³-hybridized carbons (Fsp3) is 0.0909. The molecule has 0 amide bonds. The summed E-state index contributed by atoms with van der Waals surface area (Å²) in [5.74, 6) is -0.919. The molecular weight excluding hydrogens is 301 g/mol. The highest BCUT2D eigenvalue weighted by molar-refractivity contribution is 9.10. The first kappa shape index (κ1) is 11.6. The zero-order valence-corrected chi connectivity index (χ0v) is 10.2. The molecule has 1 heterocycles. The van der Waals surface area contributed by atoms with Gasteiger partial charge in [-0.25, -0.2) is 8.78 Å². The Morgan fingerprint density at radius 3 is 2.50 bits per heavy atom. The zero-order valence-electron chi connectivity index (χ0n) is 7.88. The average Bonchev–Trinajstić information content (AvgIpc) is 2.64. The Kier molecular flexibility index (Phi) is 3.30. The van der Waals surface area contributed by atoms with Crippen LogP contribution in [0.5, 0.6) is 0 Å². The molecule has 1 unspecified atom stereocenters. The van der Waals surface area contributed by atoms with E-state index < -0.39 is 17.0 Å². The highest BCUT2D eigenvalue weighted by Crippen LogP contribution is 2.32. The first-order chi connectivity index (χ1) is 7.58. The lowest BCUT2D eigenvalue weighted by atomic mass is 10.1. The Labute approximate surface area is 104 Å². The van der Waals surface area contributed by atoms with Gasteiger partial charge in [-0.1, -0.05) is 6.07 Å². The second-order valence-corrected chi connectivity index (χ2v) is 4.39. The Morgan fingerprint density at radius 2 is 1.94 bits per heavy atom. The fourth-order valence-electron chi connectivity index (χ4n) is 1.32. The Bertz CT molecular complexity index is 512. The molecule has 1 aromatic heterocycles. The highest BCUT2D eigenvalue weighted by atomic mass is 79.9. The first-order valence-corrected chi connectivity index (χ1v) is 5.65. The summed E-state index contributed by atoms with van der Waals surface area (Å²) in [4.78, 5) is 0. The van der Waals surface area contributed by atoms with Gasteiger partial charge in [0.1, 0.15) is 22.8 Å². The standard InChI is InChI=1S/C11H6BrClF2O/c12-10-4-3-9(16-10)11(13)7-2-1-6(14)5-8(7)15/h1-5,11H. The quantitative estimate of drug-likeness (QED) is 0.736. The van der Waals surface area contributed by atoms with Crippen molar-refractivity contribution in [2.75, 3.05) is 0 Å². The van der Waals surface area contributed by atoms with Gasteiger partial charge in [0.25, 0.3) is 0 Å². The highest BCUT2D eigenvalue weighted by Gasteiger charge is 2.18. The van der Waals surface area contributed by atoms with E-state index in [1.807, 2.05) is 0 Å². The number of hydrogen-bond acceptors (Lipinski definition) is 1. The summed E-state index contributed by atoms with van der Waals surface area (Å²) in [6, 6.07) is 6.55. The molecule has 1 atom stereocenters. The molecule has 0 bridgehead atoms. The maximum Gasteiger partial charge on any atom is 0.169 e. The molecule has 2 rings (SSSR count). The van der Waals surface area contributed by atoms with Crippen LogP contribution in [-0.4, -0.2) is 0 Å². The summed E-state index contributed by atoms with van der Waals surface area (Å²) in [7, 11) is 0. The number of furan rings is 1. The van der Waals surface area contributed by atoms with Crippen molar-refractivity contribution in [3.05, 3.63) is 58.0 Å². The molecule has 0 saturated heterocycles. The molecule has 1 nitrogen and oxygen atoms in total. The van der Waals surface area contributed by atoms with Crippen molar-refractivity contribution in [3.63, 3.8) is 0 Å². The SMILES string of the molecule is Fc1ccc(C(Cl)c2ccc(Br)o2)c(F)c1. The van der Waals surface area contributed by atoms with Crippen molar-refractivity contribution in [3.8, 4) is 0 Å². The second-order valence-electron chi connectivity index (χ2n) is 3.17. The minimum Gasteiger partial charge on any atom is -0.452 e. The van der Waals surface area contributed by atoms with E-state index in [2.05, 4.69) is 15.9 Å². The summed E-state index contributed by atoms with van der Waals surface area (Å²) in [5.41, 5.74) is 0.185. The average molecular weight is 308 g/mol. The van der Waals surface area contributed by atoms with Crippen LogP contribution in [0, 0.1) is 11.6 Å². The molecule has 84 valence electrons. The monoisotopic (exact) mass is 306 g/mol. The molecule has 0 aliphatic rings. The summed E-state index contributed by atoms with van der Waals surface area (Å²) >= 11 is 9.15. The topological polar surface area (TPSA) is 13.1 Å². The van der Waals surface area contributed by atoms with Crippen LogP contribution in [0.3, 0.4) is 0 Å². The van der Waals surface area contributed by atoms with Gasteiger partial charge >= 0.3 is 0 Å². The van der Waals surface area contributed by atoms with Crippen LogP contribution in [0.25, 0.3) is 0 Å². The predicted molar refractivity (Wildman–Crippen MR) is 60.5 cm³/mol. The van der Waals surface area contributed by atoms with E-state index in [-0.39, 0.29) is 5.56 Å². The maximum absolute atomic E-state index is 13.4. The van der Waals surface area contributed by atoms with Gasteiger partial charge in [-0.15, -0.1) is 11.6 Å². The molecule has 0 spiro atoms. The second kappa shape index (κ2) is 4.55. The minimum atomic E-state index is -0.771. The molecule has 0 aliphatic carbocycles. The summed E-state index contributed by atoms with van der Waals surface area (Å²) in [6.45, 7) is 0. The Morgan fingerprint density at radius 1 is 1.19 bits per heavy atom. The molecule has 0 radical (unpaired) electrons. The van der Waals surface area contributed by atoms with Crippen LogP contribution in [0.15, 0.2) is 39.4 Å². The van der Waals surface area contributed by atoms with Gasteiger partial charge in [0.2, 0.25) is 0 Å². The molecule has 0 fully saturated rings. The third-order valence-corrected chi connectivity index (χ3v) is 2.96. The van der Waals surface area contributed by atoms with Crippen LogP contribution >= 0.6 is 27.5 Å². The van der Waals surface area contributed by atoms with Gasteiger partial charge in [-0.3, -0.25) is 0 Å². The van der Waals surface area contributed by atoms with E-state index in [1.54, 1.807) is 12.1 Å². The van der Waals surface area contributed by atoms with Crippen molar-refractivity contribution in [1.29, 1.82) is 0 Å². The van der Waals surface area contributed by atoms with Crippen LogP contribution in [0.2, 0.25) is 0 Å². The molecule has 16 heavy (non-hydrogen) atoms. The first-order valence-electron chi connectivity index (χ1n) is 4.42. The molecule has 1 aromatic carbocycles. The van der Waals surface area contributed by atoms with Gasteiger partial charge in [0.15, 0.2) is 4.67 Å². The van der Waals surface area contributed by atoms with Crippen molar-refractivity contribution >= 4 is 27.5 Å². The summed E-state index contributed by atoms with van der Waals surface area (Å²) in [5, 5.41) is -0.771. The maximum atomic E-state index is 13.4. The molecule has 0 saturated carbocycles. The largest absolute Gasteiger partial charge is 0.452 e. The molecule has 5 heteroatoms. The number of halogens is 4. The lowest BCUT2D eigenvalue weighted by Gasteiger charge is -2.07. The smallest absolute Gasteiger partial charge is 0.169 e. The lowest BCUT2D eigenvalue weighted by molar-refractivity contribution is 0.487. The normalized spacial score (nSPS) is 12.8. The van der Waals surface area contributed by atoms with Crippen molar-refractivity contribution in [1.82, 2.24) is 0 Å². The Hall–Kier alpha value is -0.870. The van der Waals surface area contributed by atoms with E-state index in [0.29, 0.717) is 10.4 Å². The minimum absolute atomic E-state index is 0.185. The third-order valence-electron chi connectivity index (χ3n) is 2.08. The van der Waals surface area contributed by atoms with E-state index in [1.165, 1.54) is 6.07 Å². The van der Waals surface area contributed by atoms with Gasteiger partial charge in [0, 0.05) is 11.6 Å². The van der Waals surface area contributed by atoms with Crippen molar-refractivity contribution in [2.45, 2.75) is 5.38 Å². The van der Waals surface area contributed by atoms with Gasteiger partial charge in [-0.2, -0.15) is 0 Å². The predicted octanol–water partition coefficient (Wildman–Crippen LogP) is 4.65. The van der Waals surface area contributed by atoms with Crippen LogP contribution in [0.4, 0.5) is 8.78 Å². The van der Waals surface area contributed by atoms with Gasteiger partial charge in [0.05, 0.1) is 0 Å². The van der Waals surface area contributed by atoms with E-state index in [0.717, 1.165) is 12.1 Å². The number of rotatable bonds is 2. The van der Waals surface area contributed by atoms with Crippen LogP contribution < -0.4 is 0 Å². The Balaban J connectivity index is 2.37. The summed E-state index contributed by atoms with van der Waals surface area (Å²) in [6.07, 6.45) is 0. The van der Waals surface area contributed by atoms with Crippen LogP contribution in [-0.2, 0) is 0 Å². The number of hydrogen-bond donors (Lipinski definition) is 0. The molecule has 2 aromatic rings. The molecular formula is C11H6BrClF2O. The van der Waals surface area contributed by atoms with E-state index in [4.69, 9.17) is 16.0 Å². The summed E-state index contributed by atoms with van der Waals surface area (Å²) < 4.78 is 31.8. The van der Waals surface area contributed by atoms with Crippen molar-refractivity contribution < 1.29 is 13.2 Å². The zero-order chi connectivity index (χ0) is 11.7.